The zero-order valence-electron chi connectivity index (χ0n) is 18.1. The first-order valence-corrected chi connectivity index (χ1v) is 13.1. The van der Waals surface area contributed by atoms with E-state index in [9.17, 15) is 16.8 Å². The van der Waals surface area contributed by atoms with Gasteiger partial charge in [-0.2, -0.15) is 8.61 Å². The van der Waals surface area contributed by atoms with Gasteiger partial charge in [0.2, 0.25) is 20.0 Å². The van der Waals surface area contributed by atoms with Gasteiger partial charge in [0.05, 0.1) is 16.9 Å². The van der Waals surface area contributed by atoms with Crippen molar-refractivity contribution in [3.8, 4) is 5.75 Å². The molecular formula is C21H29N3O5S2. The molecule has 0 aromatic heterocycles. The predicted molar refractivity (Wildman–Crippen MR) is 121 cm³/mol. The van der Waals surface area contributed by atoms with Crippen LogP contribution in [0.3, 0.4) is 0 Å². The summed E-state index contributed by atoms with van der Waals surface area (Å²) in [4.78, 5) is 2.33. The molecule has 0 unspecified atom stereocenters. The predicted octanol–water partition coefficient (Wildman–Crippen LogP) is 2.24. The molecule has 0 spiro atoms. The van der Waals surface area contributed by atoms with E-state index < -0.39 is 20.0 Å². The van der Waals surface area contributed by atoms with E-state index in [1.54, 1.807) is 21.0 Å². The maximum atomic E-state index is 13.1. The first kappa shape index (κ1) is 23.5. The molecule has 0 radical (unpaired) electrons. The van der Waals surface area contributed by atoms with Crippen LogP contribution in [0.25, 0.3) is 0 Å². The number of piperazine rings is 1. The number of benzene rings is 2. The van der Waals surface area contributed by atoms with Crippen LogP contribution in [0.15, 0.2) is 58.3 Å². The van der Waals surface area contributed by atoms with Gasteiger partial charge in [-0.25, -0.2) is 16.8 Å². The fraction of sp³-hybridized carbons (Fsp3) is 0.429. The third-order valence-electron chi connectivity index (χ3n) is 5.48. The Labute approximate surface area is 185 Å². The molecule has 170 valence electrons. The van der Waals surface area contributed by atoms with Crippen molar-refractivity contribution in [3.05, 3.63) is 48.5 Å². The fourth-order valence-electron chi connectivity index (χ4n) is 3.62. The molecule has 0 bridgehead atoms. The van der Waals surface area contributed by atoms with E-state index in [1.807, 2.05) is 24.3 Å². The van der Waals surface area contributed by atoms with Gasteiger partial charge in [0.1, 0.15) is 5.75 Å². The highest BCUT2D eigenvalue weighted by molar-refractivity contribution is 7.89. The third-order valence-corrected chi connectivity index (χ3v) is 9.46. The quantitative estimate of drug-likeness (QED) is 0.592. The van der Waals surface area contributed by atoms with Gasteiger partial charge in [-0.1, -0.05) is 13.8 Å². The SMILES string of the molecule is CCN(CC)S(=O)(=O)c1ccc(S(=O)(=O)N2CCN(c3ccc(OC)cc3)CC2)cc1. The summed E-state index contributed by atoms with van der Waals surface area (Å²) in [5.74, 6) is 0.774. The van der Waals surface area contributed by atoms with E-state index in [4.69, 9.17) is 4.74 Å². The van der Waals surface area contributed by atoms with Crippen LogP contribution in [0.4, 0.5) is 5.69 Å². The van der Waals surface area contributed by atoms with Crippen LogP contribution in [0.2, 0.25) is 0 Å². The average Bonchev–Trinajstić information content (AvgIpc) is 2.80. The monoisotopic (exact) mass is 467 g/mol. The zero-order chi connectivity index (χ0) is 22.6. The molecule has 31 heavy (non-hydrogen) atoms. The van der Waals surface area contributed by atoms with Gasteiger partial charge in [-0.3, -0.25) is 0 Å². The van der Waals surface area contributed by atoms with Crippen LogP contribution in [-0.4, -0.2) is 71.8 Å². The van der Waals surface area contributed by atoms with Crippen molar-refractivity contribution in [1.29, 1.82) is 0 Å². The smallest absolute Gasteiger partial charge is 0.243 e. The average molecular weight is 468 g/mol. The van der Waals surface area contributed by atoms with Gasteiger partial charge in [0.15, 0.2) is 0 Å². The van der Waals surface area contributed by atoms with E-state index in [1.165, 1.54) is 32.9 Å². The number of methoxy groups -OCH3 is 1. The number of nitrogens with zero attached hydrogens (tertiary/aromatic N) is 3. The molecule has 1 fully saturated rings. The highest BCUT2D eigenvalue weighted by Gasteiger charge is 2.29. The molecule has 0 atom stereocenters. The van der Waals surface area contributed by atoms with Crippen molar-refractivity contribution in [2.45, 2.75) is 23.6 Å². The molecule has 0 saturated carbocycles. The lowest BCUT2D eigenvalue weighted by Crippen LogP contribution is -2.48. The summed E-state index contributed by atoms with van der Waals surface area (Å²) in [6.45, 7) is 6.10. The molecular weight excluding hydrogens is 438 g/mol. The number of sulfonamides is 2. The molecule has 3 rings (SSSR count). The first-order valence-electron chi connectivity index (χ1n) is 10.2. The second-order valence-electron chi connectivity index (χ2n) is 7.15. The minimum atomic E-state index is -3.69. The number of ether oxygens (including phenoxy) is 1. The summed E-state index contributed by atoms with van der Waals surface area (Å²) in [5.41, 5.74) is 1.02. The second-order valence-corrected chi connectivity index (χ2v) is 11.0. The Morgan fingerprint density at radius 3 is 1.81 bits per heavy atom. The third kappa shape index (κ3) is 4.87. The Bertz CT molecular complexity index is 1070. The highest BCUT2D eigenvalue weighted by Crippen LogP contribution is 2.24. The molecule has 0 N–H and O–H groups in total. The lowest BCUT2D eigenvalue weighted by Gasteiger charge is -2.35. The van der Waals surface area contributed by atoms with Gasteiger partial charge in [0.25, 0.3) is 0 Å². The Balaban J connectivity index is 1.71. The Hall–Kier alpha value is -2.14. The van der Waals surface area contributed by atoms with Crippen molar-refractivity contribution < 1.29 is 21.6 Å². The number of hydrogen-bond acceptors (Lipinski definition) is 6. The van der Waals surface area contributed by atoms with E-state index in [0.29, 0.717) is 39.3 Å². The summed E-state index contributed by atoms with van der Waals surface area (Å²) in [5, 5.41) is 0. The van der Waals surface area contributed by atoms with Crippen molar-refractivity contribution >= 4 is 25.7 Å². The topological polar surface area (TPSA) is 87.2 Å². The van der Waals surface area contributed by atoms with Crippen LogP contribution in [0, 0.1) is 0 Å². The normalized spacial score (nSPS) is 15.9. The number of hydrogen-bond donors (Lipinski definition) is 0. The molecule has 0 aliphatic carbocycles. The van der Waals surface area contributed by atoms with Crippen molar-refractivity contribution in [2.24, 2.45) is 0 Å². The standard InChI is InChI=1S/C21H29N3O5S2/c1-4-23(5-2)30(25,26)20-10-12-21(13-11-20)31(27,28)24-16-14-22(15-17-24)18-6-8-19(29-3)9-7-18/h6-13H,4-5,14-17H2,1-3H3. The lowest BCUT2D eigenvalue weighted by atomic mass is 10.2. The van der Waals surface area contributed by atoms with Crippen LogP contribution < -0.4 is 9.64 Å². The molecule has 1 aliphatic rings. The van der Waals surface area contributed by atoms with Crippen molar-refractivity contribution in [3.63, 3.8) is 0 Å². The summed E-state index contributed by atoms with van der Waals surface area (Å²) in [6.07, 6.45) is 0. The van der Waals surface area contributed by atoms with Gasteiger partial charge in [-0.15, -0.1) is 0 Å². The Kier molecular flexibility index (Phi) is 7.25. The molecule has 10 heteroatoms. The van der Waals surface area contributed by atoms with E-state index in [2.05, 4.69) is 4.90 Å². The molecule has 1 saturated heterocycles. The highest BCUT2D eigenvalue weighted by atomic mass is 32.2. The van der Waals surface area contributed by atoms with E-state index >= 15 is 0 Å². The van der Waals surface area contributed by atoms with Gasteiger partial charge in [-0.05, 0) is 48.5 Å². The Morgan fingerprint density at radius 1 is 0.806 bits per heavy atom. The van der Waals surface area contributed by atoms with Crippen molar-refractivity contribution in [2.75, 3.05) is 51.3 Å². The first-order chi connectivity index (χ1) is 14.7. The molecule has 8 nitrogen and oxygen atoms in total. The summed E-state index contributed by atoms with van der Waals surface area (Å²) >= 11 is 0. The van der Waals surface area contributed by atoms with Gasteiger partial charge >= 0.3 is 0 Å². The molecule has 1 heterocycles. The Morgan fingerprint density at radius 2 is 1.32 bits per heavy atom. The van der Waals surface area contributed by atoms with Crippen molar-refractivity contribution in [1.82, 2.24) is 8.61 Å². The zero-order valence-corrected chi connectivity index (χ0v) is 19.7. The van der Waals surface area contributed by atoms with Crippen LogP contribution >= 0.6 is 0 Å². The largest absolute Gasteiger partial charge is 0.497 e. The fourth-order valence-corrected chi connectivity index (χ4v) is 6.51. The molecule has 1 aliphatic heterocycles. The summed E-state index contributed by atoms with van der Waals surface area (Å²) in [7, 11) is -5.70. The molecule has 0 amide bonds. The van der Waals surface area contributed by atoms with Crippen LogP contribution in [0.1, 0.15) is 13.8 Å². The lowest BCUT2D eigenvalue weighted by molar-refractivity contribution is 0.384. The second kappa shape index (κ2) is 9.56. The molecule has 2 aromatic rings. The van der Waals surface area contributed by atoms with E-state index in [-0.39, 0.29) is 9.79 Å². The summed E-state index contributed by atoms with van der Waals surface area (Å²) < 4.78 is 59.3. The molecule has 2 aromatic carbocycles. The van der Waals surface area contributed by atoms with Crippen LogP contribution in [-0.2, 0) is 20.0 Å². The van der Waals surface area contributed by atoms with Gasteiger partial charge in [0, 0.05) is 45.0 Å². The van der Waals surface area contributed by atoms with E-state index in [0.717, 1.165) is 11.4 Å². The van der Waals surface area contributed by atoms with Crippen LogP contribution in [0.5, 0.6) is 5.75 Å². The maximum Gasteiger partial charge on any atom is 0.243 e. The minimum Gasteiger partial charge on any atom is -0.497 e. The number of rotatable bonds is 8. The van der Waals surface area contributed by atoms with Gasteiger partial charge < -0.3 is 9.64 Å². The minimum absolute atomic E-state index is 0.0967. The summed E-state index contributed by atoms with van der Waals surface area (Å²) in [6, 6.07) is 13.2. The number of anilines is 1. The maximum absolute atomic E-state index is 13.1.